The Morgan fingerprint density at radius 2 is 2.05 bits per heavy atom. The third-order valence-electron chi connectivity index (χ3n) is 2.89. The Morgan fingerprint density at radius 1 is 1.42 bits per heavy atom. The lowest BCUT2D eigenvalue weighted by Crippen LogP contribution is -2.55. The molecule has 0 radical (unpaired) electrons. The number of nitrogens with zero attached hydrogens (tertiary/aromatic N) is 1. The van der Waals surface area contributed by atoms with Crippen LogP contribution in [0.2, 0.25) is 0 Å². The molecule has 0 aromatic carbocycles. The molecule has 0 spiro atoms. The predicted octanol–water partition coefficient (Wildman–Crippen LogP) is 0.0805. The maximum Gasteiger partial charge on any atom is 0.401 e. The number of rotatable bonds is 3. The normalized spacial score (nSPS) is 24.1. The number of piperidine rings is 1. The average Bonchev–Trinajstić information content (AvgIpc) is 2.34. The van der Waals surface area contributed by atoms with E-state index in [1.807, 2.05) is 0 Å². The van der Waals surface area contributed by atoms with Gasteiger partial charge >= 0.3 is 18.2 Å². The summed E-state index contributed by atoms with van der Waals surface area (Å²) >= 11 is 0. The molecule has 0 saturated carbocycles. The largest absolute Gasteiger partial charge is 0.469 e. The molecule has 2 amide bonds. The fourth-order valence-corrected chi connectivity index (χ4v) is 2.02. The molecule has 3 N–H and O–H groups in total. The van der Waals surface area contributed by atoms with E-state index in [1.165, 1.54) is 7.11 Å². The second kappa shape index (κ2) is 6.09. The fraction of sp³-hybridized carbons (Fsp3) is 0.800. The Hall–Kier alpha value is -1.51. The molecule has 1 heterocycles. The third kappa shape index (κ3) is 4.93. The molecular weight excluding hydrogens is 267 g/mol. The Balaban J connectivity index is 2.65. The van der Waals surface area contributed by atoms with E-state index in [4.69, 9.17) is 5.73 Å². The summed E-state index contributed by atoms with van der Waals surface area (Å²) in [6.45, 7) is -1.08. The highest BCUT2D eigenvalue weighted by molar-refractivity contribution is 5.76. The van der Waals surface area contributed by atoms with Gasteiger partial charge in [-0.25, -0.2) is 4.79 Å². The molecule has 1 aliphatic rings. The molecular formula is C10H16F3N3O3. The van der Waals surface area contributed by atoms with Gasteiger partial charge in [-0.2, -0.15) is 13.2 Å². The number of likely N-dealkylation sites (tertiary alicyclic amines) is 1. The van der Waals surface area contributed by atoms with Crippen molar-refractivity contribution in [3.63, 3.8) is 0 Å². The number of urea groups is 1. The number of nitrogens with one attached hydrogen (secondary N) is 1. The van der Waals surface area contributed by atoms with Crippen molar-refractivity contribution in [2.24, 2.45) is 11.7 Å². The van der Waals surface area contributed by atoms with Crippen molar-refractivity contribution in [2.75, 3.05) is 26.7 Å². The van der Waals surface area contributed by atoms with E-state index in [0.717, 1.165) is 4.90 Å². The molecule has 6 nitrogen and oxygen atoms in total. The Bertz CT molecular complexity index is 349. The molecule has 0 aliphatic carbocycles. The maximum atomic E-state index is 12.1. The van der Waals surface area contributed by atoms with E-state index in [0.29, 0.717) is 0 Å². The molecule has 9 heteroatoms. The van der Waals surface area contributed by atoms with Gasteiger partial charge in [-0.05, 0) is 6.42 Å². The summed E-state index contributed by atoms with van der Waals surface area (Å²) in [5.41, 5.74) is 5.10. The molecule has 110 valence electrons. The van der Waals surface area contributed by atoms with Gasteiger partial charge in [0.05, 0.1) is 19.6 Å². The Labute approximate surface area is 108 Å². The van der Waals surface area contributed by atoms with E-state index >= 15 is 0 Å². The lowest BCUT2D eigenvalue weighted by Gasteiger charge is -2.36. The number of methoxy groups -OCH3 is 1. The summed E-state index contributed by atoms with van der Waals surface area (Å²) in [5, 5.41) is 2.27. The minimum absolute atomic E-state index is 0.0406. The van der Waals surface area contributed by atoms with Crippen molar-refractivity contribution in [1.29, 1.82) is 0 Å². The summed E-state index contributed by atoms with van der Waals surface area (Å²) < 4.78 is 40.9. The highest BCUT2D eigenvalue weighted by Crippen LogP contribution is 2.20. The Morgan fingerprint density at radius 3 is 2.53 bits per heavy atom. The molecule has 1 rings (SSSR count). The number of primary amides is 1. The van der Waals surface area contributed by atoms with Gasteiger partial charge in [-0.15, -0.1) is 0 Å². The van der Waals surface area contributed by atoms with Crippen molar-refractivity contribution in [2.45, 2.75) is 18.6 Å². The van der Waals surface area contributed by atoms with Gasteiger partial charge in [0.2, 0.25) is 0 Å². The van der Waals surface area contributed by atoms with Crippen LogP contribution in [-0.4, -0.2) is 55.9 Å². The van der Waals surface area contributed by atoms with E-state index in [9.17, 15) is 22.8 Å². The van der Waals surface area contributed by atoms with Gasteiger partial charge in [0.1, 0.15) is 0 Å². The summed E-state index contributed by atoms with van der Waals surface area (Å²) in [6, 6.07) is -1.42. The zero-order valence-corrected chi connectivity index (χ0v) is 10.4. The van der Waals surface area contributed by atoms with Crippen molar-refractivity contribution < 1.29 is 27.5 Å². The lowest BCUT2D eigenvalue weighted by molar-refractivity contribution is -0.147. The second-order valence-corrected chi connectivity index (χ2v) is 4.39. The van der Waals surface area contributed by atoms with Gasteiger partial charge in [0, 0.05) is 19.1 Å². The molecule has 1 saturated heterocycles. The number of carbonyl (C=O) groups excluding carboxylic acids is 2. The summed E-state index contributed by atoms with van der Waals surface area (Å²) in [5.74, 6) is -1.23. The molecule has 0 aromatic rings. The first kappa shape index (κ1) is 15.5. The molecule has 1 aliphatic heterocycles. The van der Waals surface area contributed by atoms with Crippen LogP contribution in [0.1, 0.15) is 6.42 Å². The smallest absolute Gasteiger partial charge is 0.401 e. The molecule has 0 bridgehead atoms. The van der Waals surface area contributed by atoms with Crippen molar-refractivity contribution in [3.05, 3.63) is 0 Å². The van der Waals surface area contributed by atoms with E-state index < -0.39 is 36.7 Å². The van der Waals surface area contributed by atoms with Crippen LogP contribution in [0.5, 0.6) is 0 Å². The molecule has 0 aromatic heterocycles. The average molecular weight is 283 g/mol. The van der Waals surface area contributed by atoms with Crippen LogP contribution < -0.4 is 11.1 Å². The van der Waals surface area contributed by atoms with Crippen molar-refractivity contribution >= 4 is 12.0 Å². The summed E-state index contributed by atoms with van der Waals surface area (Å²) in [4.78, 5) is 23.7. The van der Waals surface area contributed by atoms with Crippen LogP contribution in [0.15, 0.2) is 0 Å². The van der Waals surface area contributed by atoms with Crippen LogP contribution in [0.3, 0.4) is 0 Å². The number of hydrogen-bond acceptors (Lipinski definition) is 4. The van der Waals surface area contributed by atoms with Gasteiger partial charge in [-0.3, -0.25) is 4.79 Å². The van der Waals surface area contributed by atoms with Gasteiger partial charge in [0.25, 0.3) is 0 Å². The quantitative estimate of drug-likeness (QED) is 0.718. The summed E-state index contributed by atoms with van der Waals surface area (Å²) in [7, 11) is 1.18. The molecule has 19 heavy (non-hydrogen) atoms. The van der Waals surface area contributed by atoms with Crippen LogP contribution in [-0.2, 0) is 9.53 Å². The van der Waals surface area contributed by atoms with Crippen LogP contribution in [0, 0.1) is 5.92 Å². The van der Waals surface area contributed by atoms with E-state index in [1.54, 1.807) is 0 Å². The SMILES string of the molecule is COC(=O)C1CC(NCC(F)(F)F)CN(C(N)=O)C1. The number of ether oxygens (including phenoxy) is 1. The van der Waals surface area contributed by atoms with Gasteiger partial charge in [0.15, 0.2) is 0 Å². The van der Waals surface area contributed by atoms with Crippen molar-refractivity contribution in [1.82, 2.24) is 10.2 Å². The van der Waals surface area contributed by atoms with E-state index in [2.05, 4.69) is 10.1 Å². The number of esters is 1. The number of amides is 2. The van der Waals surface area contributed by atoms with Crippen LogP contribution in [0.25, 0.3) is 0 Å². The number of halogens is 3. The minimum Gasteiger partial charge on any atom is -0.469 e. The fourth-order valence-electron chi connectivity index (χ4n) is 2.02. The van der Waals surface area contributed by atoms with Gasteiger partial charge in [-0.1, -0.05) is 0 Å². The lowest BCUT2D eigenvalue weighted by atomic mass is 9.94. The first-order valence-corrected chi connectivity index (χ1v) is 5.65. The Kier molecular flexibility index (Phi) is 4.98. The maximum absolute atomic E-state index is 12.1. The molecule has 2 unspecified atom stereocenters. The number of nitrogens with two attached hydrogens (primary N) is 1. The third-order valence-corrected chi connectivity index (χ3v) is 2.89. The highest BCUT2D eigenvalue weighted by atomic mass is 19.4. The standard InChI is InChI=1S/C10H16F3N3O3/c1-19-8(17)6-2-7(15-5-10(11,12)13)4-16(3-6)9(14)18/h6-7,15H,2-5H2,1H3,(H2,14,18). The first-order chi connectivity index (χ1) is 8.73. The zero-order valence-electron chi connectivity index (χ0n) is 10.4. The summed E-state index contributed by atoms with van der Waals surface area (Å²) in [6.07, 6.45) is -4.18. The first-order valence-electron chi connectivity index (χ1n) is 5.65. The predicted molar refractivity (Wildman–Crippen MR) is 59.1 cm³/mol. The number of hydrogen-bond donors (Lipinski definition) is 2. The number of carbonyl (C=O) groups is 2. The van der Waals surface area contributed by atoms with Crippen molar-refractivity contribution in [3.8, 4) is 0 Å². The van der Waals surface area contributed by atoms with Crippen LogP contribution in [0.4, 0.5) is 18.0 Å². The highest BCUT2D eigenvalue weighted by Gasteiger charge is 2.36. The van der Waals surface area contributed by atoms with Crippen LogP contribution >= 0.6 is 0 Å². The molecule has 2 atom stereocenters. The second-order valence-electron chi connectivity index (χ2n) is 4.39. The topological polar surface area (TPSA) is 84.7 Å². The minimum atomic E-state index is -4.35. The van der Waals surface area contributed by atoms with E-state index in [-0.39, 0.29) is 19.5 Å². The number of alkyl halides is 3. The monoisotopic (exact) mass is 283 g/mol. The zero-order chi connectivity index (χ0) is 14.6. The molecule has 1 fully saturated rings. The van der Waals surface area contributed by atoms with Gasteiger partial charge < -0.3 is 20.7 Å².